The molecule has 0 bridgehead atoms. The molecule has 1 atom stereocenters. The highest BCUT2D eigenvalue weighted by Gasteiger charge is 2.18. The molecular weight excluding hydrogens is 311 g/mol. The summed E-state index contributed by atoms with van der Waals surface area (Å²) in [5.41, 5.74) is 0. The monoisotopic (exact) mass is 330 g/mol. The molecule has 0 aliphatic carbocycles. The van der Waals surface area contributed by atoms with Gasteiger partial charge in [-0.25, -0.2) is 12.8 Å². The van der Waals surface area contributed by atoms with Crippen molar-refractivity contribution < 1.29 is 22.3 Å². The molecule has 0 saturated carbocycles. The van der Waals surface area contributed by atoms with Crippen molar-refractivity contribution in [3.05, 3.63) is 30.1 Å². The number of hydrogen-bond acceptors (Lipinski definition) is 5. The molecule has 1 saturated heterocycles. The summed E-state index contributed by atoms with van der Waals surface area (Å²) in [5.74, 6) is -0.939. The molecule has 1 aromatic rings. The molecule has 2 rings (SSSR count). The van der Waals surface area contributed by atoms with Crippen molar-refractivity contribution in [3.8, 4) is 0 Å². The van der Waals surface area contributed by atoms with E-state index in [2.05, 4.69) is 10.6 Å². The maximum absolute atomic E-state index is 12.8. The standard InChI is InChI=1S/C14H19FN2O4S/c15-11-1-3-13(4-2-11)22(19,20)8-6-17-14(18)9-12-10-21-7-5-16-12/h1-4,12,16H,5-10H2,(H,17,18)/t12-/m0/s1. The summed E-state index contributed by atoms with van der Waals surface area (Å²) in [6.07, 6.45) is 0.247. The third kappa shape index (κ3) is 5.04. The van der Waals surface area contributed by atoms with Crippen molar-refractivity contribution in [2.75, 3.05) is 32.1 Å². The zero-order valence-electron chi connectivity index (χ0n) is 12.0. The fourth-order valence-electron chi connectivity index (χ4n) is 2.13. The Labute approximate surface area is 129 Å². The lowest BCUT2D eigenvalue weighted by Crippen LogP contribution is -2.44. The van der Waals surface area contributed by atoms with E-state index in [9.17, 15) is 17.6 Å². The quantitative estimate of drug-likeness (QED) is 0.723. The molecule has 1 aromatic carbocycles. The first-order valence-corrected chi connectivity index (χ1v) is 8.69. The summed E-state index contributed by atoms with van der Waals surface area (Å²) in [4.78, 5) is 11.8. The first-order chi connectivity index (χ1) is 10.5. The van der Waals surface area contributed by atoms with Crippen LogP contribution in [0.3, 0.4) is 0 Å². The second kappa shape index (κ2) is 7.66. The van der Waals surface area contributed by atoms with Crippen molar-refractivity contribution >= 4 is 15.7 Å². The van der Waals surface area contributed by atoms with E-state index in [4.69, 9.17) is 4.74 Å². The Bertz CT molecular complexity index is 598. The third-order valence-electron chi connectivity index (χ3n) is 3.30. The van der Waals surface area contributed by atoms with Crippen LogP contribution in [0.4, 0.5) is 4.39 Å². The number of amides is 1. The minimum absolute atomic E-state index is 0.0200. The van der Waals surface area contributed by atoms with Gasteiger partial charge in [0.05, 0.1) is 23.9 Å². The Kier molecular flexibility index (Phi) is 5.87. The first kappa shape index (κ1) is 16.9. The molecule has 122 valence electrons. The number of rotatable bonds is 6. The lowest BCUT2D eigenvalue weighted by molar-refractivity contribution is -0.122. The number of morpholine rings is 1. The lowest BCUT2D eigenvalue weighted by Gasteiger charge is -2.23. The Morgan fingerprint density at radius 1 is 1.36 bits per heavy atom. The number of benzene rings is 1. The van der Waals surface area contributed by atoms with Crippen LogP contribution in [0, 0.1) is 5.82 Å². The van der Waals surface area contributed by atoms with Gasteiger partial charge in [-0.2, -0.15) is 0 Å². The van der Waals surface area contributed by atoms with E-state index in [1.165, 1.54) is 12.1 Å². The van der Waals surface area contributed by atoms with Gasteiger partial charge >= 0.3 is 0 Å². The van der Waals surface area contributed by atoms with Crippen LogP contribution in [-0.2, 0) is 19.4 Å². The van der Waals surface area contributed by atoms with E-state index in [1.807, 2.05) is 0 Å². The highest BCUT2D eigenvalue weighted by molar-refractivity contribution is 7.91. The molecule has 22 heavy (non-hydrogen) atoms. The van der Waals surface area contributed by atoms with Crippen LogP contribution < -0.4 is 10.6 Å². The molecule has 0 spiro atoms. The number of sulfone groups is 1. The molecule has 0 unspecified atom stereocenters. The highest BCUT2D eigenvalue weighted by atomic mass is 32.2. The molecule has 0 aromatic heterocycles. The fraction of sp³-hybridized carbons (Fsp3) is 0.500. The number of carbonyl (C=O) groups is 1. The topological polar surface area (TPSA) is 84.5 Å². The Balaban J connectivity index is 1.77. The molecule has 1 aliphatic rings. The zero-order valence-corrected chi connectivity index (χ0v) is 12.9. The summed E-state index contributed by atoms with van der Waals surface area (Å²) in [6.45, 7) is 1.83. The lowest BCUT2D eigenvalue weighted by atomic mass is 10.2. The smallest absolute Gasteiger partial charge is 0.221 e. The van der Waals surface area contributed by atoms with Gasteiger partial charge in [0.15, 0.2) is 9.84 Å². The van der Waals surface area contributed by atoms with Crippen LogP contribution in [0.1, 0.15) is 6.42 Å². The number of nitrogens with one attached hydrogen (secondary N) is 2. The van der Waals surface area contributed by atoms with E-state index >= 15 is 0 Å². The summed E-state index contributed by atoms with van der Waals surface area (Å²) >= 11 is 0. The van der Waals surface area contributed by atoms with Crippen LogP contribution in [0.25, 0.3) is 0 Å². The number of halogens is 1. The minimum Gasteiger partial charge on any atom is -0.378 e. The first-order valence-electron chi connectivity index (χ1n) is 7.03. The van der Waals surface area contributed by atoms with Gasteiger partial charge in [-0.15, -0.1) is 0 Å². The van der Waals surface area contributed by atoms with Gasteiger partial charge in [0, 0.05) is 25.6 Å². The van der Waals surface area contributed by atoms with Gasteiger partial charge < -0.3 is 15.4 Å². The Hall–Kier alpha value is -1.51. The molecule has 0 radical (unpaired) electrons. The summed E-state index contributed by atoms with van der Waals surface area (Å²) in [6, 6.07) is 4.59. The predicted molar refractivity (Wildman–Crippen MR) is 78.7 cm³/mol. The maximum Gasteiger partial charge on any atom is 0.221 e. The molecule has 8 heteroatoms. The number of carbonyl (C=O) groups excluding carboxylic acids is 1. The predicted octanol–water partition coefficient (Wildman–Crippen LogP) is 0.0941. The van der Waals surface area contributed by atoms with Crippen LogP contribution in [0.2, 0.25) is 0 Å². The average Bonchev–Trinajstić information content (AvgIpc) is 2.48. The Morgan fingerprint density at radius 3 is 2.73 bits per heavy atom. The summed E-state index contributed by atoms with van der Waals surface area (Å²) in [7, 11) is -3.53. The SMILES string of the molecule is O=C(C[C@H]1COCCN1)NCCS(=O)(=O)c1ccc(F)cc1. The van der Waals surface area contributed by atoms with Crippen LogP contribution in [0.5, 0.6) is 0 Å². The van der Waals surface area contributed by atoms with Crippen molar-refractivity contribution in [2.24, 2.45) is 0 Å². The van der Waals surface area contributed by atoms with E-state index in [-0.39, 0.29) is 35.6 Å². The van der Waals surface area contributed by atoms with Gasteiger partial charge in [-0.05, 0) is 24.3 Å². The van der Waals surface area contributed by atoms with E-state index < -0.39 is 15.7 Å². The van der Waals surface area contributed by atoms with Crippen molar-refractivity contribution in [1.29, 1.82) is 0 Å². The van der Waals surface area contributed by atoms with Gasteiger partial charge in [-0.1, -0.05) is 0 Å². The van der Waals surface area contributed by atoms with E-state index in [0.29, 0.717) is 19.8 Å². The second-order valence-electron chi connectivity index (χ2n) is 5.05. The van der Waals surface area contributed by atoms with Crippen molar-refractivity contribution in [3.63, 3.8) is 0 Å². The van der Waals surface area contributed by atoms with E-state index in [0.717, 1.165) is 12.1 Å². The number of hydrogen-bond donors (Lipinski definition) is 2. The minimum atomic E-state index is -3.53. The van der Waals surface area contributed by atoms with Crippen LogP contribution in [0.15, 0.2) is 29.2 Å². The maximum atomic E-state index is 12.8. The van der Waals surface area contributed by atoms with Crippen LogP contribution in [-0.4, -0.2) is 52.4 Å². The average molecular weight is 330 g/mol. The molecule has 1 amide bonds. The van der Waals surface area contributed by atoms with Gasteiger partial charge in [-0.3, -0.25) is 4.79 Å². The molecular formula is C14H19FN2O4S. The van der Waals surface area contributed by atoms with Crippen molar-refractivity contribution in [1.82, 2.24) is 10.6 Å². The molecule has 1 fully saturated rings. The molecule has 2 N–H and O–H groups in total. The normalized spacial score (nSPS) is 18.9. The van der Waals surface area contributed by atoms with Crippen molar-refractivity contribution in [2.45, 2.75) is 17.4 Å². The third-order valence-corrected chi connectivity index (χ3v) is 5.03. The van der Waals surface area contributed by atoms with Gasteiger partial charge in [0.2, 0.25) is 5.91 Å². The largest absolute Gasteiger partial charge is 0.378 e. The van der Waals surface area contributed by atoms with Gasteiger partial charge in [0.1, 0.15) is 5.82 Å². The Morgan fingerprint density at radius 2 is 2.09 bits per heavy atom. The highest BCUT2D eigenvalue weighted by Crippen LogP contribution is 2.11. The number of ether oxygens (including phenoxy) is 1. The molecule has 6 nitrogen and oxygen atoms in total. The fourth-order valence-corrected chi connectivity index (χ4v) is 3.29. The molecule has 1 aliphatic heterocycles. The van der Waals surface area contributed by atoms with Gasteiger partial charge in [0.25, 0.3) is 0 Å². The summed E-state index contributed by atoms with van der Waals surface area (Å²) < 4.78 is 42.0. The summed E-state index contributed by atoms with van der Waals surface area (Å²) in [5, 5.41) is 5.73. The molecule has 1 heterocycles. The second-order valence-corrected chi connectivity index (χ2v) is 7.16. The van der Waals surface area contributed by atoms with E-state index in [1.54, 1.807) is 0 Å². The zero-order chi connectivity index (χ0) is 16.0. The van der Waals surface area contributed by atoms with Crippen LogP contribution >= 0.6 is 0 Å².